The molecule has 1 heterocycles. The molecule has 1 unspecified atom stereocenters. The zero-order chi connectivity index (χ0) is 12.3. The van der Waals surface area contributed by atoms with Gasteiger partial charge in [-0.05, 0) is 37.1 Å². The number of hydrogen-bond donors (Lipinski definition) is 1. The van der Waals surface area contributed by atoms with Gasteiger partial charge in [-0.2, -0.15) is 0 Å². The number of piperidine rings is 1. The Bertz CT molecular complexity index is 391. The summed E-state index contributed by atoms with van der Waals surface area (Å²) in [5.41, 5.74) is 1.01. The zero-order valence-electron chi connectivity index (χ0n) is 9.60. The number of carbonyl (C=O) groups is 1. The lowest BCUT2D eigenvalue weighted by atomic mass is 9.95. The second-order valence-electron chi connectivity index (χ2n) is 4.43. The maximum atomic E-state index is 12.9. The number of aliphatic carboxylic acids is 1. The summed E-state index contributed by atoms with van der Waals surface area (Å²) in [4.78, 5) is 12.8. The Balaban J connectivity index is 2.15. The average Bonchev–Trinajstić information content (AvgIpc) is 2.30. The Morgan fingerprint density at radius 2 is 2.06 bits per heavy atom. The highest BCUT2D eigenvalue weighted by atomic mass is 19.1. The molecule has 0 radical (unpaired) electrons. The van der Waals surface area contributed by atoms with Crippen LogP contribution < -0.4 is 0 Å². The van der Waals surface area contributed by atoms with E-state index in [-0.39, 0.29) is 18.4 Å². The molecule has 0 saturated carbocycles. The van der Waals surface area contributed by atoms with Crippen LogP contribution >= 0.6 is 0 Å². The molecule has 1 aliphatic heterocycles. The summed E-state index contributed by atoms with van der Waals surface area (Å²) < 4.78 is 12.9. The van der Waals surface area contributed by atoms with Gasteiger partial charge in [0.1, 0.15) is 5.82 Å². The molecular weight excluding hydrogens is 221 g/mol. The summed E-state index contributed by atoms with van der Waals surface area (Å²) in [5.74, 6) is -1.06. The van der Waals surface area contributed by atoms with Crippen molar-refractivity contribution in [3.63, 3.8) is 0 Å². The third-order valence-corrected chi connectivity index (χ3v) is 3.21. The van der Waals surface area contributed by atoms with E-state index in [1.54, 1.807) is 12.1 Å². The smallest absolute Gasteiger partial charge is 0.317 e. The number of benzene rings is 1. The lowest BCUT2D eigenvalue weighted by Gasteiger charge is -2.34. The van der Waals surface area contributed by atoms with Crippen molar-refractivity contribution in [1.82, 2.24) is 4.90 Å². The number of carboxylic acids is 1. The molecule has 1 saturated heterocycles. The molecule has 92 valence electrons. The van der Waals surface area contributed by atoms with E-state index in [1.807, 2.05) is 4.90 Å². The molecule has 1 aromatic carbocycles. The maximum Gasteiger partial charge on any atom is 0.317 e. The van der Waals surface area contributed by atoms with Gasteiger partial charge in [0, 0.05) is 6.04 Å². The van der Waals surface area contributed by atoms with Crippen molar-refractivity contribution in [2.24, 2.45) is 0 Å². The summed E-state index contributed by atoms with van der Waals surface area (Å²) in [6.07, 6.45) is 3.07. The van der Waals surface area contributed by atoms with Crippen LogP contribution in [0, 0.1) is 5.82 Å². The Morgan fingerprint density at radius 3 is 2.71 bits per heavy atom. The number of hydrogen-bond acceptors (Lipinski definition) is 2. The van der Waals surface area contributed by atoms with E-state index in [0.717, 1.165) is 31.4 Å². The minimum absolute atomic E-state index is 0.0576. The van der Waals surface area contributed by atoms with Gasteiger partial charge in [0.05, 0.1) is 6.54 Å². The number of nitrogens with zero attached hydrogens (tertiary/aromatic N) is 1. The normalized spacial score (nSPS) is 21.4. The fourth-order valence-electron chi connectivity index (χ4n) is 2.42. The van der Waals surface area contributed by atoms with Crippen LogP contribution in [0.2, 0.25) is 0 Å². The Labute approximate surface area is 99.9 Å². The van der Waals surface area contributed by atoms with Crippen LogP contribution in [0.25, 0.3) is 0 Å². The van der Waals surface area contributed by atoms with E-state index in [4.69, 9.17) is 5.11 Å². The Morgan fingerprint density at radius 1 is 1.35 bits per heavy atom. The molecular formula is C13H16FNO2. The summed E-state index contributed by atoms with van der Waals surface area (Å²) in [6.45, 7) is 0.858. The van der Waals surface area contributed by atoms with Crippen molar-refractivity contribution >= 4 is 5.97 Å². The van der Waals surface area contributed by atoms with Crippen molar-refractivity contribution in [1.29, 1.82) is 0 Å². The van der Waals surface area contributed by atoms with Gasteiger partial charge in [-0.3, -0.25) is 9.69 Å². The lowest BCUT2D eigenvalue weighted by Crippen LogP contribution is -2.37. The van der Waals surface area contributed by atoms with Crippen LogP contribution in [-0.2, 0) is 4.79 Å². The minimum atomic E-state index is -0.806. The minimum Gasteiger partial charge on any atom is -0.480 e. The van der Waals surface area contributed by atoms with E-state index >= 15 is 0 Å². The van der Waals surface area contributed by atoms with Gasteiger partial charge in [-0.15, -0.1) is 0 Å². The zero-order valence-corrected chi connectivity index (χ0v) is 9.60. The molecule has 1 aliphatic rings. The SMILES string of the molecule is O=C(O)CN1CCCCC1c1ccc(F)cc1. The van der Waals surface area contributed by atoms with E-state index in [1.165, 1.54) is 12.1 Å². The molecule has 3 nitrogen and oxygen atoms in total. The van der Waals surface area contributed by atoms with Crippen LogP contribution in [0.15, 0.2) is 24.3 Å². The summed E-state index contributed by atoms with van der Waals surface area (Å²) >= 11 is 0. The van der Waals surface area contributed by atoms with Gasteiger partial charge in [-0.1, -0.05) is 18.6 Å². The van der Waals surface area contributed by atoms with Crippen molar-refractivity contribution in [2.75, 3.05) is 13.1 Å². The number of halogens is 1. The van der Waals surface area contributed by atoms with E-state index in [9.17, 15) is 9.18 Å². The molecule has 1 N–H and O–H groups in total. The van der Waals surface area contributed by atoms with E-state index < -0.39 is 5.97 Å². The van der Waals surface area contributed by atoms with Gasteiger partial charge in [-0.25, -0.2) is 4.39 Å². The summed E-state index contributed by atoms with van der Waals surface area (Å²) in [7, 11) is 0. The Kier molecular flexibility index (Phi) is 3.74. The van der Waals surface area contributed by atoms with E-state index in [2.05, 4.69) is 0 Å². The monoisotopic (exact) mass is 237 g/mol. The topological polar surface area (TPSA) is 40.5 Å². The van der Waals surface area contributed by atoms with Gasteiger partial charge < -0.3 is 5.11 Å². The fourth-order valence-corrected chi connectivity index (χ4v) is 2.42. The van der Waals surface area contributed by atoms with Gasteiger partial charge in [0.15, 0.2) is 0 Å². The largest absolute Gasteiger partial charge is 0.480 e. The van der Waals surface area contributed by atoms with Crippen LogP contribution in [0.1, 0.15) is 30.9 Å². The van der Waals surface area contributed by atoms with Crippen LogP contribution in [0.3, 0.4) is 0 Å². The first kappa shape index (κ1) is 12.0. The second-order valence-corrected chi connectivity index (χ2v) is 4.43. The fraction of sp³-hybridized carbons (Fsp3) is 0.462. The van der Waals surface area contributed by atoms with Crippen LogP contribution in [0.4, 0.5) is 4.39 Å². The molecule has 1 fully saturated rings. The molecule has 0 aromatic heterocycles. The Hall–Kier alpha value is -1.42. The highest BCUT2D eigenvalue weighted by Gasteiger charge is 2.25. The molecule has 0 aliphatic carbocycles. The molecule has 0 amide bonds. The third-order valence-electron chi connectivity index (χ3n) is 3.21. The number of carboxylic acid groups (broad SMARTS) is 1. The summed E-state index contributed by atoms with van der Waals surface area (Å²) in [5, 5.41) is 8.87. The quantitative estimate of drug-likeness (QED) is 0.877. The molecule has 0 bridgehead atoms. The number of rotatable bonds is 3. The first-order chi connectivity index (χ1) is 8.16. The predicted octanol–water partition coefficient (Wildman–Crippen LogP) is 2.44. The molecule has 2 rings (SSSR count). The predicted molar refractivity (Wildman–Crippen MR) is 62.2 cm³/mol. The first-order valence-corrected chi connectivity index (χ1v) is 5.88. The molecule has 17 heavy (non-hydrogen) atoms. The average molecular weight is 237 g/mol. The molecule has 1 atom stereocenters. The molecule has 0 spiro atoms. The third kappa shape index (κ3) is 3.03. The molecule has 4 heteroatoms. The van der Waals surface area contributed by atoms with Gasteiger partial charge in [0.25, 0.3) is 0 Å². The van der Waals surface area contributed by atoms with Crippen molar-refractivity contribution in [3.05, 3.63) is 35.6 Å². The van der Waals surface area contributed by atoms with Crippen LogP contribution in [0.5, 0.6) is 0 Å². The van der Waals surface area contributed by atoms with Crippen molar-refractivity contribution < 1.29 is 14.3 Å². The second kappa shape index (κ2) is 5.27. The maximum absolute atomic E-state index is 12.9. The van der Waals surface area contributed by atoms with Crippen molar-refractivity contribution in [2.45, 2.75) is 25.3 Å². The highest BCUT2D eigenvalue weighted by Crippen LogP contribution is 2.30. The standard InChI is InChI=1S/C13H16FNO2/c14-11-6-4-10(5-7-11)12-3-1-2-8-15(12)9-13(16)17/h4-7,12H,1-3,8-9H2,(H,16,17). The van der Waals surface area contributed by atoms with Gasteiger partial charge in [0.2, 0.25) is 0 Å². The lowest BCUT2D eigenvalue weighted by molar-refractivity contribution is -0.139. The van der Waals surface area contributed by atoms with Crippen molar-refractivity contribution in [3.8, 4) is 0 Å². The van der Waals surface area contributed by atoms with Gasteiger partial charge >= 0.3 is 5.97 Å². The highest BCUT2D eigenvalue weighted by molar-refractivity contribution is 5.69. The summed E-state index contributed by atoms with van der Waals surface area (Å²) in [6, 6.07) is 6.48. The molecule has 1 aromatic rings. The van der Waals surface area contributed by atoms with E-state index in [0.29, 0.717) is 0 Å². The number of likely N-dealkylation sites (tertiary alicyclic amines) is 1. The van der Waals surface area contributed by atoms with Crippen LogP contribution in [-0.4, -0.2) is 29.1 Å². The first-order valence-electron chi connectivity index (χ1n) is 5.88.